The molecule has 15 heteroatoms. The van der Waals surface area contributed by atoms with E-state index in [1.54, 1.807) is 11.3 Å². The van der Waals surface area contributed by atoms with Crippen molar-refractivity contribution in [3.8, 4) is 158 Å². The Morgan fingerprint density at radius 1 is 0.168 bits per heavy atom. The molecule has 1 atom stereocenters. The highest BCUT2D eigenvalue weighted by atomic mass is 32.1. The third-order valence-electron chi connectivity index (χ3n) is 30.0. The van der Waals surface area contributed by atoms with Crippen molar-refractivity contribution in [3.63, 3.8) is 0 Å². The van der Waals surface area contributed by atoms with Crippen LogP contribution < -0.4 is 0 Å². The minimum atomic E-state index is -0.866. The van der Waals surface area contributed by atoms with Crippen LogP contribution in [0.2, 0.25) is 0 Å². The van der Waals surface area contributed by atoms with Crippen molar-refractivity contribution >= 4 is 152 Å². The summed E-state index contributed by atoms with van der Waals surface area (Å²) in [5, 5.41) is 14.1. The predicted molar refractivity (Wildman–Crippen MR) is 601 cm³/mol. The van der Waals surface area contributed by atoms with Gasteiger partial charge in [-0.15, -0.1) is 11.3 Å². The van der Waals surface area contributed by atoms with E-state index in [-0.39, 0.29) is 0 Å². The zero-order valence-corrected chi connectivity index (χ0v) is 80.1. The van der Waals surface area contributed by atoms with Crippen LogP contribution in [0.25, 0.3) is 299 Å². The lowest BCUT2D eigenvalue weighted by Crippen LogP contribution is -2.28. The summed E-state index contributed by atoms with van der Waals surface area (Å²) < 4.78 is 36.6. The van der Waals surface area contributed by atoms with E-state index in [0.717, 1.165) is 236 Å². The molecule has 9 aromatic heterocycles. The largest absolute Gasteiger partial charge is 0.456 e. The average molecular weight is 1920 g/mol. The molecule has 0 bridgehead atoms. The van der Waals surface area contributed by atoms with Crippen LogP contribution in [0.4, 0.5) is 0 Å². The third-order valence-corrected chi connectivity index (χ3v) is 31.2. The van der Waals surface area contributed by atoms with Gasteiger partial charge in [-0.05, 0) is 192 Å². The Kier molecular flexibility index (Phi) is 18.6. The van der Waals surface area contributed by atoms with E-state index in [0.29, 0.717) is 80.3 Å². The number of furan rings is 5. The average Bonchev–Trinajstić information content (AvgIpc) is 1.53. The lowest BCUT2D eigenvalue weighted by molar-refractivity contribution is 0.668. The zero-order valence-electron chi connectivity index (χ0n) is 79.3. The van der Waals surface area contributed by atoms with Crippen LogP contribution in [0.1, 0.15) is 22.3 Å². The Bertz CT molecular complexity index is 10900. The molecule has 0 amide bonds. The number of para-hydroxylation sites is 6. The molecule has 692 valence electrons. The van der Waals surface area contributed by atoms with Crippen molar-refractivity contribution in [3.05, 3.63) is 477 Å². The number of rotatable bonds is 15. The van der Waals surface area contributed by atoms with Crippen LogP contribution in [0.5, 0.6) is 0 Å². The molecule has 149 heavy (non-hydrogen) atoms. The lowest BCUT2D eigenvalue weighted by Gasteiger charge is -2.34. The maximum Gasteiger partial charge on any atom is 0.167 e. The van der Waals surface area contributed by atoms with Crippen LogP contribution in [0.3, 0.4) is 0 Å². The highest BCUT2D eigenvalue weighted by molar-refractivity contribution is 7.26. The number of benzene rings is 21. The quantitative estimate of drug-likeness (QED) is 0.0945. The number of aromatic nitrogens is 9. The molecule has 0 saturated heterocycles. The van der Waals surface area contributed by atoms with Crippen molar-refractivity contribution in [2.75, 3.05) is 0 Å². The van der Waals surface area contributed by atoms with E-state index in [2.05, 4.69) is 358 Å². The van der Waals surface area contributed by atoms with Crippen LogP contribution in [0.15, 0.2) is 477 Å². The van der Waals surface area contributed by atoms with Crippen LogP contribution in [-0.2, 0) is 5.41 Å². The molecule has 31 rings (SSSR count). The Balaban J connectivity index is 0.557. The first kappa shape index (κ1) is 83.7. The number of thiophene rings is 1. The van der Waals surface area contributed by atoms with E-state index >= 15 is 0 Å². The minimum Gasteiger partial charge on any atom is -0.456 e. The second-order valence-corrected chi connectivity index (χ2v) is 39.3. The summed E-state index contributed by atoms with van der Waals surface area (Å²) in [6.07, 6.45) is 0. The Morgan fingerprint density at radius 2 is 0.523 bits per heavy atom. The van der Waals surface area contributed by atoms with Gasteiger partial charge in [-0.25, -0.2) is 44.9 Å². The van der Waals surface area contributed by atoms with Gasteiger partial charge in [0.2, 0.25) is 0 Å². The van der Waals surface area contributed by atoms with Crippen molar-refractivity contribution in [1.29, 1.82) is 0 Å². The van der Waals surface area contributed by atoms with Gasteiger partial charge in [0, 0.05) is 107 Å². The Labute approximate surface area is 853 Å². The number of fused-ring (bicyclic) bond motifs is 22. The highest BCUT2D eigenvalue weighted by Gasteiger charge is 2.48. The van der Waals surface area contributed by atoms with Gasteiger partial charge in [0.15, 0.2) is 52.4 Å². The fourth-order valence-corrected chi connectivity index (χ4v) is 24.5. The summed E-state index contributed by atoms with van der Waals surface area (Å²) in [6, 6.07) is 159. The molecule has 30 aromatic rings. The van der Waals surface area contributed by atoms with Gasteiger partial charge in [0.25, 0.3) is 0 Å². The van der Waals surface area contributed by atoms with Gasteiger partial charge >= 0.3 is 0 Å². The molecule has 0 radical (unpaired) electrons. The SMILES string of the molecule is c1ccc(C2(c3ccc(-c4cc(-c5nc(-c6ccc7oc8ccccc8c7c6)nc(-c6ccccc6-c6ccccc6-c6cccc7oc8c(-c9nc(-c%10ccccc%10-c%10cccc%11ccccc%10%11)nc(-c%10cccc%11sc%12ccccc%12c%10%11)n9)cccc8c67)n5)c5oc6ccccc6c5c4)cc3)c3ccccc3-c3c(-c4nc(-c5ccc6oc7ccccc7c6c5)nc(-c5cccc6c5oc5ccccc56)n4)cccc32)cc1. The molecule has 21 aromatic carbocycles. The molecule has 0 saturated carbocycles. The summed E-state index contributed by atoms with van der Waals surface area (Å²) >= 11 is 1.77. The van der Waals surface area contributed by atoms with Gasteiger partial charge in [-0.1, -0.05) is 352 Å². The van der Waals surface area contributed by atoms with E-state index in [9.17, 15) is 0 Å². The highest BCUT2D eigenvalue weighted by Crippen LogP contribution is 2.60. The zero-order chi connectivity index (χ0) is 97.6. The normalized spacial score (nSPS) is 13.1. The molecule has 14 nitrogen and oxygen atoms in total. The summed E-state index contributed by atoms with van der Waals surface area (Å²) in [6.45, 7) is 0. The standard InChI is InChI=1S/C134H75N9O5S/c1-2-32-81(33-3-1)134(108-55-18-12-45-97(108)119-100(51-27-56-109(119)134)129-136-126(79-67-71-115-105(73-79)91-41-15-20-58-111(91)145-115)137-131(142-129)102-53-25-49-94-89-39-13-21-59-112(89)146-122(94)102)82-68-64-76(65-69-82)80-74-106-92-42-16-22-60-113(92)147-124(106)107(75-80)133-138-125(78-66-70-114-104(72-78)90-40-14-19-57-110(90)144-114)135-127(141-133)96-44-11-9-38-88(96)85-35-6-7-36-86(85)93-48-28-61-116-120(93)99-50-26-54-103(123(99)148-116)132-140-128(95-43-10-8-37-87(95)84-47-24-31-77-30-4-5-34-83(77)84)139-130(143-132)101-52-29-63-118-121(101)98-46-17-23-62-117(98)149-118/h1-75H. The smallest absolute Gasteiger partial charge is 0.167 e. The van der Waals surface area contributed by atoms with Crippen molar-refractivity contribution in [2.45, 2.75) is 5.41 Å². The molecule has 1 aliphatic rings. The van der Waals surface area contributed by atoms with Gasteiger partial charge < -0.3 is 22.1 Å². The molecular weight excluding hydrogens is 1850 g/mol. The van der Waals surface area contributed by atoms with Crippen molar-refractivity contribution in [1.82, 2.24) is 44.9 Å². The number of hydrogen-bond donors (Lipinski definition) is 0. The van der Waals surface area contributed by atoms with Crippen LogP contribution in [-0.4, -0.2) is 44.9 Å². The lowest BCUT2D eigenvalue weighted by atomic mass is 9.67. The van der Waals surface area contributed by atoms with Gasteiger partial charge in [-0.2, -0.15) is 0 Å². The minimum absolute atomic E-state index is 0.413. The van der Waals surface area contributed by atoms with Gasteiger partial charge in [0.1, 0.15) is 55.8 Å². The van der Waals surface area contributed by atoms with Gasteiger partial charge in [-0.3, -0.25) is 0 Å². The molecule has 0 fully saturated rings. The summed E-state index contributed by atoms with van der Waals surface area (Å²) in [5.74, 6) is 4.39. The predicted octanol–water partition coefficient (Wildman–Crippen LogP) is 35.3. The fourth-order valence-electron chi connectivity index (χ4n) is 23.4. The van der Waals surface area contributed by atoms with Crippen LogP contribution >= 0.6 is 11.3 Å². The molecule has 0 N–H and O–H groups in total. The van der Waals surface area contributed by atoms with E-state index in [1.807, 2.05) is 97.1 Å². The maximum atomic E-state index is 7.32. The summed E-state index contributed by atoms with van der Waals surface area (Å²) in [4.78, 5) is 50.4. The fraction of sp³-hybridized carbons (Fsp3) is 0.00746. The van der Waals surface area contributed by atoms with Gasteiger partial charge in [0.05, 0.1) is 22.1 Å². The molecular formula is C134H75N9O5S. The second kappa shape index (κ2) is 33.1. The Hall–Kier alpha value is -19.9. The first-order valence-electron chi connectivity index (χ1n) is 49.8. The second-order valence-electron chi connectivity index (χ2n) is 38.2. The first-order chi connectivity index (χ1) is 73.8. The monoisotopic (exact) mass is 1920 g/mol. The summed E-state index contributed by atoms with van der Waals surface area (Å²) in [7, 11) is 0. The number of nitrogens with zero attached hydrogens (tertiary/aromatic N) is 9. The maximum absolute atomic E-state index is 7.32. The van der Waals surface area contributed by atoms with E-state index < -0.39 is 5.41 Å². The topological polar surface area (TPSA) is 182 Å². The summed E-state index contributed by atoms with van der Waals surface area (Å²) in [5.41, 5.74) is 27.8. The third kappa shape index (κ3) is 13.1. The first-order valence-corrected chi connectivity index (χ1v) is 50.6. The Morgan fingerprint density at radius 3 is 1.17 bits per heavy atom. The molecule has 9 heterocycles. The molecule has 0 aliphatic heterocycles. The molecule has 1 aliphatic carbocycles. The van der Waals surface area contributed by atoms with Crippen molar-refractivity contribution < 1.29 is 22.1 Å². The molecule has 0 spiro atoms. The van der Waals surface area contributed by atoms with Crippen LogP contribution in [0, 0.1) is 0 Å². The van der Waals surface area contributed by atoms with Crippen molar-refractivity contribution in [2.24, 2.45) is 0 Å². The van der Waals surface area contributed by atoms with E-state index in [4.69, 9.17) is 66.9 Å². The van der Waals surface area contributed by atoms with E-state index in [1.165, 1.54) is 4.70 Å². The number of hydrogen-bond acceptors (Lipinski definition) is 15. The molecule has 1 unspecified atom stereocenters.